The van der Waals surface area contributed by atoms with E-state index in [1.807, 2.05) is 43.3 Å². The number of carbonyl (C=O) groups is 1. The highest BCUT2D eigenvalue weighted by molar-refractivity contribution is 5.94. The number of aliphatic imine (C=N–C) groups is 1. The van der Waals surface area contributed by atoms with E-state index >= 15 is 0 Å². The molecule has 1 aliphatic rings. The highest BCUT2D eigenvalue weighted by Gasteiger charge is 2.24. The number of carbonyl (C=O) groups excluding carboxylic acids is 1. The number of hydrogen-bond acceptors (Lipinski definition) is 3. The van der Waals surface area contributed by atoms with Crippen molar-refractivity contribution < 1.29 is 4.79 Å². The van der Waals surface area contributed by atoms with Gasteiger partial charge in [-0.05, 0) is 36.2 Å². The van der Waals surface area contributed by atoms with E-state index in [-0.39, 0.29) is 11.8 Å². The summed E-state index contributed by atoms with van der Waals surface area (Å²) in [4.78, 5) is 16.6. The van der Waals surface area contributed by atoms with Crippen LogP contribution in [0.4, 0.5) is 5.69 Å². The lowest BCUT2D eigenvalue weighted by atomic mass is 9.90. The van der Waals surface area contributed by atoms with Crippen LogP contribution >= 0.6 is 0 Å². The minimum atomic E-state index is 0.0377. The molecular weight excluding hydrogens is 338 g/mol. The van der Waals surface area contributed by atoms with E-state index in [0.717, 1.165) is 23.4 Å². The van der Waals surface area contributed by atoms with Gasteiger partial charge in [-0.15, -0.1) is 0 Å². The van der Waals surface area contributed by atoms with Crippen LogP contribution < -0.4 is 16.0 Å². The second-order valence-electron chi connectivity index (χ2n) is 6.42. The summed E-state index contributed by atoms with van der Waals surface area (Å²) in [5.74, 6) is 0.833. The zero-order valence-electron chi connectivity index (χ0n) is 15.3. The second-order valence-corrected chi connectivity index (χ2v) is 6.42. The van der Waals surface area contributed by atoms with Gasteiger partial charge in [-0.3, -0.25) is 4.79 Å². The number of benzene rings is 2. The second kappa shape index (κ2) is 8.86. The summed E-state index contributed by atoms with van der Waals surface area (Å²) in [6.45, 7) is 3.85. The maximum absolute atomic E-state index is 12.0. The number of fused-ring (bicyclic) bond motifs is 1. The van der Waals surface area contributed by atoms with E-state index in [0.29, 0.717) is 31.0 Å². The summed E-state index contributed by atoms with van der Waals surface area (Å²) in [5, 5.41) is 18.5. The van der Waals surface area contributed by atoms with Gasteiger partial charge in [0, 0.05) is 31.1 Å². The zero-order chi connectivity index (χ0) is 19.1. The lowest BCUT2D eigenvalue weighted by Gasteiger charge is -2.26. The maximum Gasteiger partial charge on any atom is 0.225 e. The number of guanidine groups is 1. The van der Waals surface area contributed by atoms with Crippen molar-refractivity contribution in [3.63, 3.8) is 0 Å². The summed E-state index contributed by atoms with van der Waals surface area (Å²) in [5.41, 5.74) is 3.64. The Morgan fingerprint density at radius 2 is 2.11 bits per heavy atom. The lowest BCUT2D eigenvalue weighted by molar-refractivity contribution is -0.116. The first kappa shape index (κ1) is 18.5. The molecule has 3 N–H and O–H groups in total. The summed E-state index contributed by atoms with van der Waals surface area (Å²) in [6, 6.07) is 17.5. The monoisotopic (exact) mass is 361 g/mol. The Hall–Kier alpha value is -3.33. The molecule has 1 heterocycles. The average Bonchev–Trinajstić information content (AvgIpc) is 2.70. The van der Waals surface area contributed by atoms with Crippen molar-refractivity contribution in [2.75, 3.05) is 18.4 Å². The Bertz CT molecular complexity index is 884. The summed E-state index contributed by atoms with van der Waals surface area (Å²) >= 11 is 0. The predicted molar refractivity (Wildman–Crippen MR) is 106 cm³/mol. The molecular formula is C21H23N5O. The van der Waals surface area contributed by atoms with Crippen molar-refractivity contribution in [3.05, 3.63) is 65.2 Å². The summed E-state index contributed by atoms with van der Waals surface area (Å²) < 4.78 is 0. The first-order valence-corrected chi connectivity index (χ1v) is 9.09. The molecule has 2 aromatic carbocycles. The molecule has 1 aliphatic heterocycles. The number of nitrogens with zero attached hydrogens (tertiary/aromatic N) is 2. The first-order chi connectivity index (χ1) is 13.2. The Morgan fingerprint density at radius 3 is 2.93 bits per heavy atom. The van der Waals surface area contributed by atoms with Crippen LogP contribution in [0.3, 0.4) is 0 Å². The van der Waals surface area contributed by atoms with Crippen molar-refractivity contribution in [2.45, 2.75) is 25.8 Å². The number of para-hydroxylation sites is 1. The molecule has 3 rings (SSSR count). The number of rotatable bonds is 5. The van der Waals surface area contributed by atoms with Crippen LogP contribution in [0.2, 0.25) is 0 Å². The van der Waals surface area contributed by atoms with Crippen LogP contribution in [0, 0.1) is 11.3 Å². The van der Waals surface area contributed by atoms with Gasteiger partial charge in [0.1, 0.15) is 0 Å². The van der Waals surface area contributed by atoms with E-state index in [1.54, 1.807) is 6.07 Å². The van der Waals surface area contributed by atoms with Crippen LogP contribution in [-0.2, 0) is 11.3 Å². The minimum Gasteiger partial charge on any atom is -0.357 e. The van der Waals surface area contributed by atoms with Gasteiger partial charge in [0.05, 0.1) is 18.2 Å². The standard InChI is InChI=1S/C21H23N5O/c1-2-23-21(24-13-16-7-5-6-15(10-16)12-22)25-14-17-11-20(27)26-19-9-4-3-8-18(17)19/h3-10,17H,2,11,13-14H2,1H3,(H,26,27)(H2,23,24,25). The van der Waals surface area contributed by atoms with Gasteiger partial charge in [0.2, 0.25) is 5.91 Å². The van der Waals surface area contributed by atoms with Crippen molar-refractivity contribution >= 4 is 17.6 Å². The highest BCUT2D eigenvalue weighted by atomic mass is 16.1. The van der Waals surface area contributed by atoms with E-state index < -0.39 is 0 Å². The van der Waals surface area contributed by atoms with Gasteiger partial charge in [0.25, 0.3) is 0 Å². The van der Waals surface area contributed by atoms with Crippen LogP contribution in [-0.4, -0.2) is 25.0 Å². The third-order valence-corrected chi connectivity index (χ3v) is 4.44. The zero-order valence-corrected chi connectivity index (χ0v) is 15.3. The van der Waals surface area contributed by atoms with Crippen molar-refractivity contribution in [1.82, 2.24) is 10.6 Å². The molecule has 0 saturated heterocycles. The first-order valence-electron chi connectivity index (χ1n) is 9.09. The lowest BCUT2D eigenvalue weighted by Crippen LogP contribution is -2.40. The van der Waals surface area contributed by atoms with Crippen molar-refractivity contribution in [1.29, 1.82) is 5.26 Å². The molecule has 1 unspecified atom stereocenters. The van der Waals surface area contributed by atoms with E-state index in [1.165, 1.54) is 0 Å². The Balaban J connectivity index is 1.68. The molecule has 1 amide bonds. The van der Waals surface area contributed by atoms with Crippen LogP contribution in [0.1, 0.15) is 36.0 Å². The minimum absolute atomic E-state index is 0.0377. The SMILES string of the molecule is CCNC(=NCc1cccc(C#N)c1)NCC1CC(=O)Nc2ccccc21. The van der Waals surface area contributed by atoms with Crippen LogP contribution in [0.25, 0.3) is 0 Å². The number of nitriles is 1. The van der Waals surface area contributed by atoms with Gasteiger partial charge in [0.15, 0.2) is 5.96 Å². The van der Waals surface area contributed by atoms with E-state index in [9.17, 15) is 4.79 Å². The Kier molecular flexibility index (Phi) is 6.06. The molecule has 0 saturated carbocycles. The smallest absolute Gasteiger partial charge is 0.225 e. The molecule has 0 aliphatic carbocycles. The highest BCUT2D eigenvalue weighted by Crippen LogP contribution is 2.31. The van der Waals surface area contributed by atoms with Gasteiger partial charge < -0.3 is 16.0 Å². The number of anilines is 1. The summed E-state index contributed by atoms with van der Waals surface area (Å²) in [6.07, 6.45) is 0.452. The molecule has 27 heavy (non-hydrogen) atoms. The average molecular weight is 361 g/mol. The molecule has 0 fully saturated rings. The van der Waals surface area contributed by atoms with Gasteiger partial charge in [-0.1, -0.05) is 30.3 Å². The van der Waals surface area contributed by atoms with Gasteiger partial charge >= 0.3 is 0 Å². The topological polar surface area (TPSA) is 89.3 Å². The fourth-order valence-corrected chi connectivity index (χ4v) is 3.16. The van der Waals surface area contributed by atoms with Gasteiger partial charge in [-0.2, -0.15) is 5.26 Å². The molecule has 6 nitrogen and oxygen atoms in total. The fraction of sp³-hybridized carbons (Fsp3) is 0.286. The quantitative estimate of drug-likeness (QED) is 0.564. The van der Waals surface area contributed by atoms with E-state index in [2.05, 4.69) is 33.1 Å². The molecule has 1 atom stereocenters. The van der Waals surface area contributed by atoms with E-state index in [4.69, 9.17) is 5.26 Å². The molecule has 0 radical (unpaired) electrons. The van der Waals surface area contributed by atoms with Crippen molar-refractivity contribution in [2.24, 2.45) is 4.99 Å². The molecule has 138 valence electrons. The normalized spacial score (nSPS) is 16.1. The maximum atomic E-state index is 12.0. The number of nitrogens with one attached hydrogen (secondary N) is 3. The number of hydrogen-bond donors (Lipinski definition) is 3. The van der Waals surface area contributed by atoms with Crippen LogP contribution in [0.15, 0.2) is 53.5 Å². The molecule has 0 aromatic heterocycles. The fourth-order valence-electron chi connectivity index (χ4n) is 3.16. The largest absolute Gasteiger partial charge is 0.357 e. The van der Waals surface area contributed by atoms with Crippen LogP contribution in [0.5, 0.6) is 0 Å². The third-order valence-electron chi connectivity index (χ3n) is 4.44. The Morgan fingerprint density at radius 1 is 1.26 bits per heavy atom. The Labute approximate surface area is 159 Å². The molecule has 2 aromatic rings. The summed E-state index contributed by atoms with van der Waals surface area (Å²) in [7, 11) is 0. The molecule has 0 bridgehead atoms. The predicted octanol–water partition coefficient (Wildman–Crippen LogP) is 2.74. The van der Waals surface area contributed by atoms with Crippen molar-refractivity contribution in [3.8, 4) is 6.07 Å². The molecule has 6 heteroatoms. The third kappa shape index (κ3) is 4.85. The number of amides is 1. The molecule has 0 spiro atoms. The van der Waals surface area contributed by atoms with Gasteiger partial charge in [-0.25, -0.2) is 4.99 Å².